The van der Waals surface area contributed by atoms with Crippen LogP contribution in [0.4, 0.5) is 4.39 Å². The number of rotatable bonds is 7. The molecule has 27 heavy (non-hydrogen) atoms. The zero-order valence-electron chi connectivity index (χ0n) is 15.0. The van der Waals surface area contributed by atoms with Crippen LogP contribution in [0.5, 0.6) is 11.5 Å². The lowest BCUT2D eigenvalue weighted by Gasteiger charge is -2.09. The standard InChI is InChI=1S/C19H19FN4O2S/c1-3-26-17-10-14(6-9-16(17)25-2)12-21-24-18(22-23-19(24)27)11-13-4-7-15(20)8-5-13/h4-10,12H,3,11H2,1-2H3,(H,23,27)/b21-12-. The summed E-state index contributed by atoms with van der Waals surface area (Å²) in [7, 11) is 1.60. The molecule has 1 N–H and O–H groups in total. The Balaban J connectivity index is 1.85. The molecule has 0 aliphatic carbocycles. The van der Waals surface area contributed by atoms with E-state index in [0.29, 0.717) is 35.1 Å². The molecule has 0 bridgehead atoms. The average Bonchev–Trinajstić information content (AvgIpc) is 3.02. The fraction of sp³-hybridized carbons (Fsp3) is 0.211. The minimum Gasteiger partial charge on any atom is -0.493 e. The Bertz CT molecular complexity index is 996. The fourth-order valence-electron chi connectivity index (χ4n) is 2.51. The smallest absolute Gasteiger partial charge is 0.216 e. The minimum atomic E-state index is -0.278. The van der Waals surface area contributed by atoms with E-state index >= 15 is 0 Å². The molecule has 3 rings (SSSR count). The second-order valence-electron chi connectivity index (χ2n) is 5.65. The second kappa shape index (κ2) is 8.59. The van der Waals surface area contributed by atoms with Crippen molar-refractivity contribution < 1.29 is 13.9 Å². The van der Waals surface area contributed by atoms with Crippen molar-refractivity contribution in [2.24, 2.45) is 5.10 Å². The number of hydrogen-bond donors (Lipinski definition) is 1. The molecule has 0 saturated heterocycles. The third-order valence-electron chi connectivity index (χ3n) is 3.80. The Morgan fingerprint density at radius 2 is 2.00 bits per heavy atom. The van der Waals surface area contributed by atoms with E-state index in [9.17, 15) is 4.39 Å². The first kappa shape index (κ1) is 18.8. The van der Waals surface area contributed by atoms with Gasteiger partial charge in [-0.25, -0.2) is 4.39 Å². The van der Waals surface area contributed by atoms with Gasteiger partial charge in [0.1, 0.15) is 5.82 Å². The quantitative estimate of drug-likeness (QED) is 0.493. The van der Waals surface area contributed by atoms with Gasteiger partial charge in [0.05, 0.1) is 19.9 Å². The van der Waals surface area contributed by atoms with Crippen LogP contribution < -0.4 is 9.47 Å². The lowest BCUT2D eigenvalue weighted by molar-refractivity contribution is 0.311. The van der Waals surface area contributed by atoms with Crippen molar-refractivity contribution >= 4 is 18.4 Å². The summed E-state index contributed by atoms with van der Waals surface area (Å²) in [5.41, 5.74) is 1.74. The van der Waals surface area contributed by atoms with Crippen LogP contribution in [-0.4, -0.2) is 34.8 Å². The molecular weight excluding hydrogens is 367 g/mol. The highest BCUT2D eigenvalue weighted by Crippen LogP contribution is 2.27. The van der Waals surface area contributed by atoms with Crippen LogP contribution in [0.1, 0.15) is 23.9 Å². The SMILES string of the molecule is CCOc1cc(/C=N\n2c(Cc3ccc(F)cc3)n[nH]c2=S)ccc1OC. The molecular formula is C19H19FN4O2S. The number of nitrogens with zero attached hydrogens (tertiary/aromatic N) is 3. The molecule has 6 nitrogen and oxygen atoms in total. The first-order chi connectivity index (χ1) is 13.1. The van der Waals surface area contributed by atoms with Gasteiger partial charge in [0.15, 0.2) is 17.3 Å². The third kappa shape index (κ3) is 4.59. The van der Waals surface area contributed by atoms with Crippen LogP contribution in [0.3, 0.4) is 0 Å². The highest BCUT2D eigenvalue weighted by molar-refractivity contribution is 7.71. The van der Waals surface area contributed by atoms with Gasteiger partial charge in [0.25, 0.3) is 0 Å². The Morgan fingerprint density at radius 3 is 2.70 bits per heavy atom. The van der Waals surface area contributed by atoms with Gasteiger partial charge in [-0.05, 0) is 60.6 Å². The molecule has 1 heterocycles. The fourth-order valence-corrected chi connectivity index (χ4v) is 2.71. The van der Waals surface area contributed by atoms with Crippen molar-refractivity contribution in [3.05, 3.63) is 70.0 Å². The molecule has 0 spiro atoms. The monoisotopic (exact) mass is 386 g/mol. The van der Waals surface area contributed by atoms with Crippen molar-refractivity contribution in [3.8, 4) is 11.5 Å². The summed E-state index contributed by atoms with van der Waals surface area (Å²) in [5, 5.41) is 11.4. The number of H-pyrrole nitrogens is 1. The summed E-state index contributed by atoms with van der Waals surface area (Å²) >= 11 is 5.26. The molecule has 0 aliphatic heterocycles. The lowest BCUT2D eigenvalue weighted by atomic mass is 10.1. The maximum absolute atomic E-state index is 13.1. The van der Waals surface area contributed by atoms with Crippen LogP contribution in [0.15, 0.2) is 47.6 Å². The van der Waals surface area contributed by atoms with E-state index in [1.165, 1.54) is 12.1 Å². The number of hydrogen-bond acceptors (Lipinski definition) is 5. The molecule has 0 atom stereocenters. The molecule has 0 unspecified atom stereocenters. The van der Waals surface area contributed by atoms with Crippen LogP contribution in [-0.2, 0) is 6.42 Å². The van der Waals surface area contributed by atoms with Crippen LogP contribution in [0.2, 0.25) is 0 Å². The Kier molecular flexibility index (Phi) is 5.97. The predicted octanol–water partition coefficient (Wildman–Crippen LogP) is 3.96. The van der Waals surface area contributed by atoms with Gasteiger partial charge in [-0.2, -0.15) is 14.9 Å². The van der Waals surface area contributed by atoms with Gasteiger partial charge in [-0.3, -0.25) is 5.10 Å². The van der Waals surface area contributed by atoms with Crippen molar-refractivity contribution in [2.75, 3.05) is 13.7 Å². The average molecular weight is 386 g/mol. The van der Waals surface area contributed by atoms with Crippen LogP contribution in [0.25, 0.3) is 0 Å². The summed E-state index contributed by atoms with van der Waals surface area (Å²) in [6.07, 6.45) is 2.14. The zero-order valence-corrected chi connectivity index (χ0v) is 15.8. The summed E-state index contributed by atoms with van der Waals surface area (Å²) in [6, 6.07) is 11.8. The normalized spacial score (nSPS) is 11.1. The summed E-state index contributed by atoms with van der Waals surface area (Å²) < 4.78 is 25.9. The van der Waals surface area contributed by atoms with E-state index in [1.807, 2.05) is 25.1 Å². The third-order valence-corrected chi connectivity index (χ3v) is 4.07. The maximum atomic E-state index is 13.1. The summed E-state index contributed by atoms with van der Waals surface area (Å²) in [6.45, 7) is 2.44. The molecule has 0 saturated carbocycles. The number of methoxy groups -OCH3 is 1. The number of aromatic amines is 1. The van der Waals surface area contributed by atoms with E-state index in [1.54, 1.807) is 30.1 Å². The molecule has 8 heteroatoms. The van der Waals surface area contributed by atoms with Gasteiger partial charge in [0, 0.05) is 6.42 Å². The van der Waals surface area contributed by atoms with Gasteiger partial charge >= 0.3 is 0 Å². The molecule has 0 aliphatic rings. The van der Waals surface area contributed by atoms with Gasteiger partial charge < -0.3 is 9.47 Å². The molecule has 140 valence electrons. The number of halogens is 1. The zero-order chi connectivity index (χ0) is 19.2. The summed E-state index contributed by atoms with van der Waals surface area (Å²) in [5.74, 6) is 1.65. The number of nitrogens with one attached hydrogen (secondary N) is 1. The van der Waals surface area contributed by atoms with E-state index in [-0.39, 0.29) is 5.82 Å². The van der Waals surface area contributed by atoms with Crippen molar-refractivity contribution in [2.45, 2.75) is 13.3 Å². The Labute approximate surface area is 161 Å². The Hall–Kier alpha value is -3.00. The van der Waals surface area contributed by atoms with E-state index in [0.717, 1.165) is 11.1 Å². The number of aromatic nitrogens is 3. The molecule has 1 aromatic heterocycles. The van der Waals surface area contributed by atoms with E-state index in [2.05, 4.69) is 15.3 Å². The number of ether oxygens (including phenoxy) is 2. The maximum Gasteiger partial charge on any atom is 0.216 e. The summed E-state index contributed by atoms with van der Waals surface area (Å²) in [4.78, 5) is 0. The first-order valence-electron chi connectivity index (χ1n) is 8.36. The Morgan fingerprint density at radius 1 is 1.22 bits per heavy atom. The topological polar surface area (TPSA) is 64.4 Å². The van der Waals surface area contributed by atoms with Crippen molar-refractivity contribution in [3.63, 3.8) is 0 Å². The van der Waals surface area contributed by atoms with E-state index in [4.69, 9.17) is 21.7 Å². The molecule has 0 fully saturated rings. The van der Waals surface area contributed by atoms with E-state index < -0.39 is 0 Å². The molecule has 3 aromatic rings. The molecule has 0 radical (unpaired) electrons. The molecule has 2 aromatic carbocycles. The van der Waals surface area contributed by atoms with Crippen molar-refractivity contribution in [1.82, 2.24) is 14.9 Å². The lowest BCUT2D eigenvalue weighted by Crippen LogP contribution is -2.01. The highest BCUT2D eigenvalue weighted by atomic mass is 32.1. The van der Waals surface area contributed by atoms with Crippen LogP contribution in [0, 0.1) is 10.6 Å². The number of benzene rings is 2. The van der Waals surface area contributed by atoms with Gasteiger partial charge in [-0.1, -0.05) is 12.1 Å². The van der Waals surface area contributed by atoms with Gasteiger partial charge in [-0.15, -0.1) is 0 Å². The minimum absolute atomic E-state index is 0.278. The molecule has 0 amide bonds. The highest BCUT2D eigenvalue weighted by Gasteiger charge is 2.08. The van der Waals surface area contributed by atoms with Gasteiger partial charge in [0.2, 0.25) is 4.77 Å². The largest absolute Gasteiger partial charge is 0.493 e. The first-order valence-corrected chi connectivity index (χ1v) is 8.77. The van der Waals surface area contributed by atoms with Crippen molar-refractivity contribution in [1.29, 1.82) is 0 Å². The van der Waals surface area contributed by atoms with Crippen LogP contribution >= 0.6 is 12.2 Å². The predicted molar refractivity (Wildman–Crippen MR) is 104 cm³/mol. The second-order valence-corrected chi connectivity index (χ2v) is 6.03.